The number of aryl methyl sites for hydroxylation is 2. The Labute approximate surface area is 157 Å². The lowest BCUT2D eigenvalue weighted by atomic mass is 9.91. The van der Waals surface area contributed by atoms with Crippen LogP contribution in [-0.4, -0.2) is 33.2 Å². The number of hydrogen-bond acceptors (Lipinski definition) is 5. The molecule has 0 saturated carbocycles. The lowest BCUT2D eigenvalue weighted by Crippen LogP contribution is -2.41. The first kappa shape index (κ1) is 17.8. The maximum absolute atomic E-state index is 10.9. The number of fused-ring (bicyclic) bond motifs is 3. The molecule has 0 unspecified atom stereocenters. The van der Waals surface area contributed by atoms with E-state index in [1.54, 1.807) is 6.33 Å². The summed E-state index contributed by atoms with van der Waals surface area (Å²) in [7, 11) is -4.22. The molecule has 1 aromatic carbocycles. The monoisotopic (exact) mass is 384 g/mol. The predicted molar refractivity (Wildman–Crippen MR) is 99.6 cm³/mol. The highest BCUT2D eigenvalue weighted by Crippen LogP contribution is 2.31. The molecule has 1 aliphatic rings. The first-order chi connectivity index (χ1) is 13.0. The second kappa shape index (κ2) is 7.21. The molecule has 0 aliphatic heterocycles. The third kappa shape index (κ3) is 3.91. The summed E-state index contributed by atoms with van der Waals surface area (Å²) in [5.41, 5.74) is 4.56. The van der Waals surface area contributed by atoms with Crippen LogP contribution >= 0.6 is 0 Å². The fourth-order valence-electron chi connectivity index (χ4n) is 3.55. The number of aromatic nitrogens is 4. The lowest BCUT2D eigenvalue weighted by Gasteiger charge is -2.19. The molecule has 0 bridgehead atoms. The summed E-state index contributed by atoms with van der Waals surface area (Å²) in [6, 6.07) is 10.2. The SMILES string of the molecule is O=S(=O)([O-])CCC[n+]1cnc2ncc3c(n21)/C(=C/c1ccccc1)CCC3. The van der Waals surface area contributed by atoms with Crippen molar-refractivity contribution in [1.29, 1.82) is 0 Å². The van der Waals surface area contributed by atoms with Crippen molar-refractivity contribution in [3.63, 3.8) is 0 Å². The molecule has 1 aliphatic carbocycles. The van der Waals surface area contributed by atoms with Gasteiger partial charge in [0.1, 0.15) is 6.54 Å². The Bertz CT molecular complexity index is 1100. The molecular formula is C19H20N4O3S. The Kier molecular flexibility index (Phi) is 4.75. The van der Waals surface area contributed by atoms with Crippen molar-refractivity contribution in [2.45, 2.75) is 32.2 Å². The first-order valence-corrected chi connectivity index (χ1v) is 10.5. The van der Waals surface area contributed by atoms with E-state index in [2.05, 4.69) is 28.2 Å². The van der Waals surface area contributed by atoms with Crippen LogP contribution in [0, 0.1) is 0 Å². The van der Waals surface area contributed by atoms with E-state index in [-0.39, 0.29) is 12.2 Å². The van der Waals surface area contributed by atoms with Gasteiger partial charge in [0.25, 0.3) is 0 Å². The standard InChI is InChI=1S/C19H20N4O3S/c24-27(25,26)11-5-10-22-14-21-19-20-13-17-9-4-8-16(18(17)23(19)22)12-15-6-2-1-3-7-15/h1-3,6-7,12-14H,4-5,8-11H2/b16-12+. The highest BCUT2D eigenvalue weighted by Gasteiger charge is 2.24. The Hall–Kier alpha value is -2.58. The summed E-state index contributed by atoms with van der Waals surface area (Å²) in [5.74, 6) is 0.183. The third-order valence-corrected chi connectivity index (χ3v) is 5.51. The van der Waals surface area contributed by atoms with E-state index >= 15 is 0 Å². The van der Waals surface area contributed by atoms with Crippen LogP contribution in [0.1, 0.15) is 36.1 Å². The highest BCUT2D eigenvalue weighted by molar-refractivity contribution is 7.85. The largest absolute Gasteiger partial charge is 0.748 e. The molecule has 2 heterocycles. The molecule has 140 valence electrons. The maximum Gasteiger partial charge on any atom is 0.381 e. The topological polar surface area (TPSA) is 91.3 Å². The van der Waals surface area contributed by atoms with E-state index in [1.165, 1.54) is 5.57 Å². The molecule has 2 aromatic heterocycles. The summed E-state index contributed by atoms with van der Waals surface area (Å²) in [6.45, 7) is 0.388. The molecule has 0 atom stereocenters. The number of allylic oxidation sites excluding steroid dienone is 1. The Morgan fingerprint density at radius 2 is 2.00 bits per heavy atom. The van der Waals surface area contributed by atoms with Gasteiger partial charge in [-0.3, -0.25) is 0 Å². The minimum atomic E-state index is -4.22. The summed E-state index contributed by atoms with van der Waals surface area (Å²) < 4.78 is 36.5. The van der Waals surface area contributed by atoms with Crippen molar-refractivity contribution >= 4 is 27.5 Å². The Morgan fingerprint density at radius 3 is 2.78 bits per heavy atom. The van der Waals surface area contributed by atoms with Gasteiger partial charge < -0.3 is 4.55 Å². The van der Waals surface area contributed by atoms with Crippen LogP contribution in [0.5, 0.6) is 0 Å². The Morgan fingerprint density at radius 1 is 1.19 bits per heavy atom. The fraction of sp³-hybridized carbons (Fsp3) is 0.316. The van der Waals surface area contributed by atoms with Crippen molar-refractivity contribution < 1.29 is 17.7 Å². The van der Waals surface area contributed by atoms with Crippen LogP contribution in [0.15, 0.2) is 42.9 Å². The minimum Gasteiger partial charge on any atom is -0.748 e. The lowest BCUT2D eigenvalue weighted by molar-refractivity contribution is -0.761. The maximum atomic E-state index is 10.9. The van der Waals surface area contributed by atoms with Crippen molar-refractivity contribution in [1.82, 2.24) is 14.5 Å². The first-order valence-electron chi connectivity index (χ1n) is 8.96. The van der Waals surface area contributed by atoms with Crippen LogP contribution < -0.4 is 4.68 Å². The van der Waals surface area contributed by atoms with Crippen LogP contribution in [0.25, 0.3) is 17.4 Å². The smallest absolute Gasteiger partial charge is 0.381 e. The second-order valence-electron chi connectivity index (χ2n) is 6.70. The highest BCUT2D eigenvalue weighted by atomic mass is 32.2. The number of benzene rings is 1. The van der Waals surface area contributed by atoms with Crippen molar-refractivity contribution in [2.75, 3.05) is 5.75 Å². The second-order valence-corrected chi connectivity index (χ2v) is 8.22. The predicted octanol–water partition coefficient (Wildman–Crippen LogP) is 1.83. The summed E-state index contributed by atoms with van der Waals surface area (Å²) in [5, 5.41) is 0. The van der Waals surface area contributed by atoms with E-state index in [1.807, 2.05) is 33.6 Å². The van der Waals surface area contributed by atoms with Crippen LogP contribution in [0.2, 0.25) is 0 Å². The van der Waals surface area contributed by atoms with Crippen molar-refractivity contribution in [3.8, 4) is 0 Å². The van der Waals surface area contributed by atoms with Gasteiger partial charge in [0.2, 0.25) is 0 Å². The molecule has 4 rings (SSSR count). The number of hydrogen-bond donors (Lipinski definition) is 0. The van der Waals surface area contributed by atoms with E-state index in [4.69, 9.17) is 0 Å². The van der Waals surface area contributed by atoms with Crippen LogP contribution in [-0.2, 0) is 23.1 Å². The average Bonchev–Trinajstić information content (AvgIpc) is 3.05. The zero-order valence-corrected chi connectivity index (χ0v) is 15.6. The molecule has 0 saturated heterocycles. The van der Waals surface area contributed by atoms with Gasteiger partial charge >= 0.3 is 12.1 Å². The van der Waals surface area contributed by atoms with Crippen molar-refractivity contribution in [3.05, 3.63) is 59.7 Å². The molecule has 0 spiro atoms. The summed E-state index contributed by atoms with van der Waals surface area (Å²) >= 11 is 0. The molecule has 0 N–H and O–H groups in total. The van der Waals surface area contributed by atoms with Gasteiger partial charge in [-0.1, -0.05) is 30.3 Å². The molecule has 0 amide bonds. The van der Waals surface area contributed by atoms with Crippen LogP contribution in [0.3, 0.4) is 0 Å². The third-order valence-electron chi connectivity index (χ3n) is 4.72. The van der Waals surface area contributed by atoms with Crippen LogP contribution in [0.4, 0.5) is 0 Å². The molecule has 0 radical (unpaired) electrons. The molecule has 3 aromatic rings. The molecule has 7 nitrogen and oxygen atoms in total. The molecule has 8 heteroatoms. The number of nitrogens with zero attached hydrogens (tertiary/aromatic N) is 4. The molecule has 27 heavy (non-hydrogen) atoms. The molecular weight excluding hydrogens is 364 g/mol. The quantitative estimate of drug-likeness (QED) is 0.494. The van der Waals surface area contributed by atoms with Gasteiger partial charge in [-0.25, -0.2) is 8.42 Å². The number of rotatable bonds is 5. The fourth-order valence-corrected chi connectivity index (χ4v) is 4.04. The van der Waals surface area contributed by atoms with E-state index in [0.29, 0.717) is 12.3 Å². The van der Waals surface area contributed by atoms with E-state index < -0.39 is 10.1 Å². The molecule has 0 fully saturated rings. The van der Waals surface area contributed by atoms with E-state index in [0.717, 1.165) is 36.1 Å². The zero-order chi connectivity index (χ0) is 18.9. The van der Waals surface area contributed by atoms with Gasteiger partial charge in [0.15, 0.2) is 0 Å². The zero-order valence-electron chi connectivity index (χ0n) is 14.8. The van der Waals surface area contributed by atoms with Gasteiger partial charge in [-0.2, -0.15) is 4.98 Å². The normalized spacial score (nSPS) is 16.0. The Balaban J connectivity index is 1.78. The average molecular weight is 384 g/mol. The minimum absolute atomic E-state index is 0.242. The van der Waals surface area contributed by atoms with Crippen molar-refractivity contribution in [2.24, 2.45) is 0 Å². The van der Waals surface area contributed by atoms with Gasteiger partial charge in [-0.15, -0.1) is 9.20 Å². The summed E-state index contributed by atoms with van der Waals surface area (Å²) in [6.07, 6.45) is 8.90. The van der Waals surface area contributed by atoms with Gasteiger partial charge in [0.05, 0.1) is 15.8 Å². The van der Waals surface area contributed by atoms with E-state index in [9.17, 15) is 13.0 Å². The summed E-state index contributed by atoms with van der Waals surface area (Å²) in [4.78, 5) is 8.78. The van der Waals surface area contributed by atoms with Gasteiger partial charge in [0, 0.05) is 18.4 Å². The van der Waals surface area contributed by atoms with Gasteiger partial charge in [-0.05, 0) is 47.0 Å².